The Labute approximate surface area is 98.1 Å². The van der Waals surface area contributed by atoms with Crippen LogP contribution in [-0.2, 0) is 16.2 Å². The Morgan fingerprint density at radius 2 is 1.59 bits per heavy atom. The van der Waals surface area contributed by atoms with Gasteiger partial charge in [0.05, 0.1) is 0 Å². The van der Waals surface area contributed by atoms with Gasteiger partial charge >= 0.3 is 10.4 Å². The topological polar surface area (TPSA) is 167 Å². The van der Waals surface area contributed by atoms with Gasteiger partial charge in [0, 0.05) is 16.9 Å². The molecule has 0 atom stereocenters. The molecule has 0 unspecified atom stereocenters. The maximum Gasteiger partial charge on any atom is 0.394 e. The van der Waals surface area contributed by atoms with Crippen molar-refractivity contribution in [1.82, 2.24) is 0 Å². The van der Waals surface area contributed by atoms with E-state index in [9.17, 15) is 10.2 Å². The zero-order chi connectivity index (χ0) is 13.9. The van der Waals surface area contributed by atoms with E-state index in [1.807, 2.05) is 0 Å². The van der Waals surface area contributed by atoms with E-state index in [0.29, 0.717) is 11.4 Å². The van der Waals surface area contributed by atoms with Gasteiger partial charge < -0.3 is 21.7 Å². The summed E-state index contributed by atoms with van der Waals surface area (Å²) in [4.78, 5) is 0. The first-order valence-electron chi connectivity index (χ1n) is 4.21. The zero-order valence-electron chi connectivity index (χ0n) is 8.90. The molecule has 0 bridgehead atoms. The second-order valence-corrected chi connectivity index (χ2v) is 4.21. The van der Waals surface area contributed by atoms with Crippen LogP contribution in [0, 0.1) is 0 Å². The van der Waals surface area contributed by atoms with Crippen LogP contribution in [0.5, 0.6) is 0 Å². The fraction of sp³-hybridized carbons (Fsp3) is 0.250. The van der Waals surface area contributed by atoms with Crippen molar-refractivity contribution >= 4 is 21.8 Å². The second-order valence-electron chi connectivity index (χ2n) is 3.32. The van der Waals surface area contributed by atoms with E-state index < -0.39 is 16.2 Å². The van der Waals surface area contributed by atoms with Crippen LogP contribution in [-0.4, -0.2) is 27.7 Å². The van der Waals surface area contributed by atoms with Crippen molar-refractivity contribution in [2.75, 3.05) is 11.5 Å². The molecule has 0 radical (unpaired) electrons. The number of aliphatic hydroxyl groups is 2. The van der Waals surface area contributed by atoms with Gasteiger partial charge in [0.15, 0.2) is 5.79 Å². The van der Waals surface area contributed by atoms with Crippen molar-refractivity contribution in [1.29, 1.82) is 0 Å². The molecule has 0 saturated heterocycles. The highest BCUT2D eigenvalue weighted by Gasteiger charge is 2.21. The quantitative estimate of drug-likeness (QED) is 0.221. The highest BCUT2D eigenvalue weighted by Crippen LogP contribution is 2.25. The Kier molecular flexibility index (Phi) is 4.86. The number of rotatable bonds is 1. The SMILES string of the molecule is CC(O)(O)c1cc(N)ccc1N.O=S(=O)(O)O. The summed E-state index contributed by atoms with van der Waals surface area (Å²) in [5.41, 5.74) is 11.9. The first kappa shape index (κ1) is 15.6. The van der Waals surface area contributed by atoms with Gasteiger partial charge in [-0.25, -0.2) is 0 Å². The molecule has 98 valence electrons. The lowest BCUT2D eigenvalue weighted by Gasteiger charge is -2.18. The molecular weight excluding hydrogens is 252 g/mol. The molecular formula is C8H14N2O6S. The molecule has 9 heteroatoms. The van der Waals surface area contributed by atoms with Gasteiger partial charge in [-0.15, -0.1) is 0 Å². The van der Waals surface area contributed by atoms with E-state index >= 15 is 0 Å². The smallest absolute Gasteiger partial charge is 0.394 e. The summed E-state index contributed by atoms with van der Waals surface area (Å²) in [6.45, 7) is 1.23. The van der Waals surface area contributed by atoms with Crippen molar-refractivity contribution < 1.29 is 27.7 Å². The van der Waals surface area contributed by atoms with Crippen LogP contribution in [0.25, 0.3) is 0 Å². The van der Waals surface area contributed by atoms with Crippen molar-refractivity contribution in [3.8, 4) is 0 Å². The number of anilines is 2. The molecule has 1 aromatic rings. The van der Waals surface area contributed by atoms with Crippen molar-refractivity contribution in [2.45, 2.75) is 12.7 Å². The average Bonchev–Trinajstić information content (AvgIpc) is 2.04. The maximum absolute atomic E-state index is 9.21. The third-order valence-corrected chi connectivity index (χ3v) is 1.59. The predicted molar refractivity (Wildman–Crippen MR) is 61.2 cm³/mol. The van der Waals surface area contributed by atoms with Crippen LogP contribution in [0.15, 0.2) is 18.2 Å². The van der Waals surface area contributed by atoms with Gasteiger partial charge in [-0.3, -0.25) is 9.11 Å². The number of hydrogen-bond acceptors (Lipinski definition) is 6. The number of nitrogens with two attached hydrogens (primary N) is 2. The summed E-state index contributed by atoms with van der Waals surface area (Å²) in [7, 11) is -4.67. The highest BCUT2D eigenvalue weighted by atomic mass is 32.3. The monoisotopic (exact) mass is 266 g/mol. The standard InChI is InChI=1S/C8H12N2O2.H2O4S/c1-8(11,12)6-4-5(9)2-3-7(6)10;1-5(2,3)4/h2-4,11-12H,9-10H2,1H3;(H2,1,2,3,4). The minimum Gasteiger partial charge on any atom is -0.399 e. The third kappa shape index (κ3) is 7.49. The molecule has 0 amide bonds. The summed E-state index contributed by atoms with van der Waals surface area (Å²) in [5.74, 6) is -1.93. The van der Waals surface area contributed by atoms with Crippen LogP contribution < -0.4 is 11.5 Å². The first-order chi connectivity index (χ1) is 7.41. The Morgan fingerprint density at radius 1 is 1.18 bits per heavy atom. The van der Waals surface area contributed by atoms with E-state index in [1.54, 1.807) is 6.07 Å². The van der Waals surface area contributed by atoms with Gasteiger partial charge in [-0.1, -0.05) is 0 Å². The largest absolute Gasteiger partial charge is 0.399 e. The van der Waals surface area contributed by atoms with Crippen molar-refractivity contribution in [2.24, 2.45) is 0 Å². The molecule has 0 aliphatic rings. The summed E-state index contributed by atoms with van der Waals surface area (Å²) >= 11 is 0. The van der Waals surface area contributed by atoms with Gasteiger partial charge in [0.1, 0.15) is 0 Å². The number of benzene rings is 1. The fourth-order valence-corrected chi connectivity index (χ4v) is 0.984. The summed E-state index contributed by atoms with van der Waals surface area (Å²) in [6.07, 6.45) is 0. The molecule has 8 N–H and O–H groups in total. The van der Waals surface area contributed by atoms with Crippen LogP contribution in [0.4, 0.5) is 11.4 Å². The van der Waals surface area contributed by atoms with E-state index in [0.717, 1.165) is 0 Å². The third-order valence-electron chi connectivity index (χ3n) is 1.59. The maximum atomic E-state index is 9.21. The molecule has 17 heavy (non-hydrogen) atoms. The van der Waals surface area contributed by atoms with E-state index in [4.69, 9.17) is 29.0 Å². The van der Waals surface area contributed by atoms with Gasteiger partial charge in [-0.2, -0.15) is 8.42 Å². The molecule has 0 aliphatic heterocycles. The molecule has 0 saturated carbocycles. The minimum atomic E-state index is -4.67. The molecule has 0 fully saturated rings. The van der Waals surface area contributed by atoms with Crippen LogP contribution in [0.3, 0.4) is 0 Å². The van der Waals surface area contributed by atoms with Crippen LogP contribution >= 0.6 is 0 Å². The molecule has 0 heterocycles. The minimum absolute atomic E-state index is 0.225. The predicted octanol–water partition coefficient (Wildman–Crippen LogP) is -0.644. The van der Waals surface area contributed by atoms with Crippen molar-refractivity contribution in [3.05, 3.63) is 23.8 Å². The molecule has 0 aliphatic carbocycles. The molecule has 8 nitrogen and oxygen atoms in total. The lowest BCUT2D eigenvalue weighted by molar-refractivity contribution is -0.152. The summed E-state index contributed by atoms with van der Waals surface area (Å²) in [6, 6.07) is 4.58. The Bertz CT molecular complexity index is 471. The normalized spacial score (nSPS) is 11.6. The molecule has 0 aromatic heterocycles. The summed E-state index contributed by atoms with van der Waals surface area (Å²) in [5, 5.41) is 18.4. The van der Waals surface area contributed by atoms with Gasteiger partial charge in [0.25, 0.3) is 0 Å². The van der Waals surface area contributed by atoms with E-state index in [2.05, 4.69) is 0 Å². The summed E-state index contributed by atoms with van der Waals surface area (Å²) < 4.78 is 31.6. The average molecular weight is 266 g/mol. The molecule has 1 rings (SSSR count). The Balaban J connectivity index is 0.000000437. The second kappa shape index (κ2) is 5.29. The fourth-order valence-electron chi connectivity index (χ4n) is 0.984. The molecule has 0 spiro atoms. The lowest BCUT2D eigenvalue weighted by atomic mass is 10.1. The zero-order valence-corrected chi connectivity index (χ0v) is 9.72. The highest BCUT2D eigenvalue weighted by molar-refractivity contribution is 7.79. The Hall–Kier alpha value is -1.39. The Morgan fingerprint density at radius 3 is 1.88 bits per heavy atom. The first-order valence-corrected chi connectivity index (χ1v) is 5.61. The van der Waals surface area contributed by atoms with Crippen molar-refractivity contribution in [3.63, 3.8) is 0 Å². The lowest BCUT2D eigenvalue weighted by Crippen LogP contribution is -2.21. The number of hydrogen-bond donors (Lipinski definition) is 6. The van der Waals surface area contributed by atoms with Gasteiger partial charge in [0.2, 0.25) is 0 Å². The van der Waals surface area contributed by atoms with E-state index in [-0.39, 0.29) is 5.56 Å². The van der Waals surface area contributed by atoms with Gasteiger partial charge in [-0.05, 0) is 25.1 Å². The molecule has 1 aromatic carbocycles. The van der Waals surface area contributed by atoms with Crippen LogP contribution in [0.2, 0.25) is 0 Å². The van der Waals surface area contributed by atoms with E-state index in [1.165, 1.54) is 19.1 Å². The number of nitrogen functional groups attached to an aromatic ring is 2. The van der Waals surface area contributed by atoms with Crippen LogP contribution in [0.1, 0.15) is 12.5 Å².